The molecule has 1 heterocycles. The molecule has 0 saturated carbocycles. The first-order valence-corrected chi connectivity index (χ1v) is 5.26. The van der Waals surface area contributed by atoms with E-state index in [2.05, 4.69) is 9.47 Å². The van der Waals surface area contributed by atoms with Crippen LogP contribution in [-0.4, -0.2) is 55.6 Å². The molecule has 1 unspecified atom stereocenters. The zero-order chi connectivity index (χ0) is 14.9. The van der Waals surface area contributed by atoms with Crippen LogP contribution in [0.15, 0.2) is 0 Å². The normalized spacial score (nSPS) is 21.5. The van der Waals surface area contributed by atoms with Crippen LogP contribution in [-0.2, 0) is 9.47 Å². The Kier molecular flexibility index (Phi) is 4.68. The molecule has 1 rings (SSSR count). The second-order valence-electron chi connectivity index (χ2n) is 4.05. The number of morpholine rings is 1. The molecule has 1 atom stereocenters. The number of ether oxygens (including phenoxy) is 2. The minimum absolute atomic E-state index is 0.00295. The van der Waals surface area contributed by atoms with Gasteiger partial charge in [0.1, 0.15) is 0 Å². The van der Waals surface area contributed by atoms with Crippen molar-refractivity contribution in [2.45, 2.75) is 31.4 Å². The molecule has 3 nitrogen and oxygen atoms in total. The largest absolute Gasteiger partial charge is 0.437 e. The maximum Gasteiger partial charge on any atom is 0.437 e. The second kappa shape index (κ2) is 5.41. The summed E-state index contributed by atoms with van der Waals surface area (Å²) in [5.74, 6) is -4.31. The van der Waals surface area contributed by atoms with Crippen LogP contribution < -0.4 is 0 Å². The Hall–Kier alpha value is -0.610. The Morgan fingerprint density at radius 2 is 1.53 bits per heavy atom. The third-order valence-electron chi connectivity index (χ3n) is 2.41. The van der Waals surface area contributed by atoms with Gasteiger partial charge in [-0.25, -0.2) is 18.1 Å². The van der Waals surface area contributed by atoms with Crippen molar-refractivity contribution >= 4 is 0 Å². The lowest BCUT2D eigenvalue weighted by molar-refractivity contribution is -0.428. The van der Waals surface area contributed by atoms with Gasteiger partial charge in [0.05, 0.1) is 13.2 Å². The van der Waals surface area contributed by atoms with Gasteiger partial charge in [-0.15, -0.1) is 0 Å². The van der Waals surface area contributed by atoms with E-state index in [-0.39, 0.29) is 25.0 Å². The highest BCUT2D eigenvalue weighted by molar-refractivity contribution is 4.81. The van der Waals surface area contributed by atoms with Crippen molar-refractivity contribution in [3.8, 4) is 0 Å². The van der Waals surface area contributed by atoms with Gasteiger partial charge < -0.3 is 4.74 Å². The van der Waals surface area contributed by atoms with Crippen LogP contribution in [0.1, 0.15) is 6.92 Å². The molecule has 1 saturated heterocycles. The fourth-order valence-corrected chi connectivity index (χ4v) is 1.33. The van der Waals surface area contributed by atoms with E-state index in [0.29, 0.717) is 0 Å². The standard InChI is InChI=1S/C9H12F7NO2/c1-7(11,12)6(10)19-9(15,16)8(13,14)17-2-4-18-5-3-17/h6H,2-5H2,1H3. The maximum atomic E-state index is 13.4. The fourth-order valence-electron chi connectivity index (χ4n) is 1.33. The van der Waals surface area contributed by atoms with Crippen molar-refractivity contribution in [1.82, 2.24) is 4.90 Å². The molecule has 1 fully saturated rings. The van der Waals surface area contributed by atoms with Gasteiger partial charge in [-0.05, 0) is 0 Å². The van der Waals surface area contributed by atoms with Crippen molar-refractivity contribution in [3.63, 3.8) is 0 Å². The van der Waals surface area contributed by atoms with E-state index in [9.17, 15) is 30.7 Å². The summed E-state index contributed by atoms with van der Waals surface area (Å²) in [6, 6.07) is -4.91. The van der Waals surface area contributed by atoms with Gasteiger partial charge in [-0.3, -0.25) is 4.74 Å². The smallest absolute Gasteiger partial charge is 0.379 e. The molecule has 0 amide bonds. The number of rotatable bonds is 5. The predicted octanol–water partition coefficient (Wildman–Crippen LogP) is 2.47. The molecule has 0 bridgehead atoms. The number of hydrogen-bond donors (Lipinski definition) is 0. The SMILES string of the molecule is CC(F)(F)C(F)OC(F)(F)C(F)(F)N1CCOCC1. The van der Waals surface area contributed by atoms with Gasteiger partial charge in [0.15, 0.2) is 0 Å². The van der Waals surface area contributed by atoms with Gasteiger partial charge in [0.2, 0.25) is 0 Å². The second-order valence-corrected chi connectivity index (χ2v) is 4.05. The summed E-state index contributed by atoms with van der Waals surface area (Å²) in [7, 11) is 0. The highest BCUT2D eigenvalue weighted by atomic mass is 19.3. The van der Waals surface area contributed by atoms with Crippen LogP contribution in [0.25, 0.3) is 0 Å². The summed E-state index contributed by atoms with van der Waals surface area (Å²) in [5.41, 5.74) is 0. The minimum atomic E-state index is -5.39. The zero-order valence-corrected chi connectivity index (χ0v) is 9.82. The fraction of sp³-hybridized carbons (Fsp3) is 1.00. The first kappa shape index (κ1) is 16.4. The van der Waals surface area contributed by atoms with E-state index >= 15 is 0 Å². The maximum absolute atomic E-state index is 13.4. The quantitative estimate of drug-likeness (QED) is 0.575. The molecule has 0 N–H and O–H groups in total. The lowest BCUT2D eigenvalue weighted by Gasteiger charge is -2.38. The van der Waals surface area contributed by atoms with E-state index in [1.165, 1.54) is 0 Å². The van der Waals surface area contributed by atoms with Crippen LogP contribution in [0.4, 0.5) is 30.7 Å². The van der Waals surface area contributed by atoms with Crippen molar-refractivity contribution in [1.29, 1.82) is 0 Å². The Labute approximate surface area is 104 Å². The Bertz CT molecular complexity index is 301. The molecule has 0 aromatic carbocycles. The Morgan fingerprint density at radius 3 is 1.95 bits per heavy atom. The zero-order valence-electron chi connectivity index (χ0n) is 9.82. The summed E-state index contributed by atoms with van der Waals surface area (Å²) >= 11 is 0. The molecular formula is C9H12F7NO2. The Balaban J connectivity index is 2.78. The number of halogens is 7. The predicted molar refractivity (Wildman–Crippen MR) is 48.9 cm³/mol. The van der Waals surface area contributed by atoms with E-state index < -0.39 is 37.5 Å². The number of hydrogen-bond acceptors (Lipinski definition) is 3. The third kappa shape index (κ3) is 3.69. The third-order valence-corrected chi connectivity index (χ3v) is 2.41. The lowest BCUT2D eigenvalue weighted by Crippen LogP contribution is -2.60. The van der Waals surface area contributed by atoms with Crippen LogP contribution in [0.3, 0.4) is 0 Å². The van der Waals surface area contributed by atoms with E-state index in [4.69, 9.17) is 0 Å². The Morgan fingerprint density at radius 1 is 1.05 bits per heavy atom. The van der Waals surface area contributed by atoms with E-state index in [0.717, 1.165) is 0 Å². The van der Waals surface area contributed by atoms with Crippen LogP contribution >= 0.6 is 0 Å². The molecule has 1 aliphatic rings. The van der Waals surface area contributed by atoms with Crippen LogP contribution in [0.5, 0.6) is 0 Å². The monoisotopic (exact) mass is 299 g/mol. The lowest BCUT2D eigenvalue weighted by atomic mass is 10.3. The molecule has 0 aliphatic carbocycles. The minimum Gasteiger partial charge on any atom is -0.379 e. The summed E-state index contributed by atoms with van der Waals surface area (Å²) in [5, 5.41) is 0. The summed E-state index contributed by atoms with van der Waals surface area (Å²) in [6.07, 6.45) is -9.22. The first-order valence-electron chi connectivity index (χ1n) is 5.26. The highest BCUT2D eigenvalue weighted by Gasteiger charge is 2.64. The van der Waals surface area contributed by atoms with Gasteiger partial charge in [0.25, 0.3) is 12.3 Å². The van der Waals surface area contributed by atoms with Gasteiger partial charge in [-0.2, -0.15) is 17.6 Å². The van der Waals surface area contributed by atoms with Gasteiger partial charge >= 0.3 is 12.2 Å². The van der Waals surface area contributed by atoms with Gasteiger partial charge in [0, 0.05) is 20.0 Å². The highest BCUT2D eigenvalue weighted by Crippen LogP contribution is 2.41. The molecule has 0 spiro atoms. The van der Waals surface area contributed by atoms with Crippen LogP contribution in [0.2, 0.25) is 0 Å². The molecule has 0 radical (unpaired) electrons. The molecule has 0 aromatic heterocycles. The molecule has 1 aliphatic heterocycles. The van der Waals surface area contributed by atoms with Crippen molar-refractivity contribution in [2.75, 3.05) is 26.3 Å². The van der Waals surface area contributed by atoms with E-state index in [1.54, 1.807) is 0 Å². The molecule has 10 heteroatoms. The molecule has 19 heavy (non-hydrogen) atoms. The average Bonchev–Trinajstić information content (AvgIpc) is 2.28. The topological polar surface area (TPSA) is 21.7 Å². The summed E-state index contributed by atoms with van der Waals surface area (Å²) in [6.45, 7) is -1.61. The molecule has 0 aromatic rings. The van der Waals surface area contributed by atoms with Crippen molar-refractivity contribution in [3.05, 3.63) is 0 Å². The average molecular weight is 299 g/mol. The van der Waals surface area contributed by atoms with Crippen molar-refractivity contribution in [2.24, 2.45) is 0 Å². The summed E-state index contributed by atoms with van der Waals surface area (Å²) < 4.78 is 98.1. The van der Waals surface area contributed by atoms with Crippen LogP contribution in [0, 0.1) is 0 Å². The first-order chi connectivity index (χ1) is 8.48. The number of nitrogens with zero attached hydrogens (tertiary/aromatic N) is 1. The summed E-state index contributed by atoms with van der Waals surface area (Å²) in [4.78, 5) is -0.00295. The molecular weight excluding hydrogens is 287 g/mol. The van der Waals surface area contributed by atoms with Crippen molar-refractivity contribution < 1.29 is 40.2 Å². The molecule has 114 valence electrons. The number of alkyl halides is 7. The van der Waals surface area contributed by atoms with E-state index in [1.807, 2.05) is 0 Å². The van der Waals surface area contributed by atoms with Gasteiger partial charge in [-0.1, -0.05) is 0 Å².